The Morgan fingerprint density at radius 3 is 2.93 bits per heavy atom. The first-order chi connectivity index (χ1) is 7.20. The molecule has 15 heavy (non-hydrogen) atoms. The van der Waals surface area contributed by atoms with E-state index >= 15 is 0 Å². The van der Waals surface area contributed by atoms with Gasteiger partial charge in [0.05, 0.1) is 17.4 Å². The molecule has 0 unspecified atom stereocenters. The highest BCUT2D eigenvalue weighted by Crippen LogP contribution is 2.29. The van der Waals surface area contributed by atoms with Gasteiger partial charge in [-0.15, -0.1) is 0 Å². The fourth-order valence-electron chi connectivity index (χ4n) is 1.32. The molecule has 1 aromatic heterocycles. The van der Waals surface area contributed by atoms with Gasteiger partial charge in [0.15, 0.2) is 0 Å². The lowest BCUT2D eigenvalue weighted by atomic mass is 10.2. The number of hydrogen-bond acceptors (Lipinski definition) is 3. The summed E-state index contributed by atoms with van der Waals surface area (Å²) in [5.74, 6) is -0.342. The van der Waals surface area contributed by atoms with Crippen LogP contribution < -0.4 is 4.74 Å². The number of carboxylic acids is 1. The van der Waals surface area contributed by atoms with E-state index < -0.39 is 5.97 Å². The predicted octanol–water partition coefficient (Wildman–Crippen LogP) is 1.88. The molecule has 0 saturated heterocycles. The molecule has 2 rings (SSSR count). The number of aromatic carboxylic acids is 1. The minimum Gasteiger partial charge on any atom is -0.488 e. The van der Waals surface area contributed by atoms with Crippen LogP contribution >= 0.6 is 0 Å². The highest BCUT2D eigenvalue weighted by molar-refractivity contribution is 5.87. The van der Waals surface area contributed by atoms with E-state index in [9.17, 15) is 4.79 Å². The standard InChI is InChI=1S/C11H13NO3/c1-2-9-10(15-8-3-4-8)5-7(6-12-9)11(13)14/h5-6,8H,2-4H2,1H3,(H,13,14). The number of aryl methyl sites for hydroxylation is 1. The molecule has 0 aromatic carbocycles. The summed E-state index contributed by atoms with van der Waals surface area (Å²) in [7, 11) is 0. The Kier molecular flexibility index (Phi) is 2.58. The fourth-order valence-corrected chi connectivity index (χ4v) is 1.32. The number of ether oxygens (including phenoxy) is 1. The van der Waals surface area contributed by atoms with E-state index in [-0.39, 0.29) is 11.7 Å². The molecule has 1 aromatic rings. The number of rotatable bonds is 4. The van der Waals surface area contributed by atoms with Gasteiger partial charge < -0.3 is 9.84 Å². The molecule has 1 saturated carbocycles. The first-order valence-corrected chi connectivity index (χ1v) is 5.09. The Morgan fingerprint density at radius 1 is 1.67 bits per heavy atom. The smallest absolute Gasteiger partial charge is 0.337 e. The molecule has 1 aliphatic carbocycles. The average Bonchev–Trinajstić information content (AvgIpc) is 3.01. The van der Waals surface area contributed by atoms with Crippen molar-refractivity contribution in [2.75, 3.05) is 0 Å². The minimum atomic E-state index is -0.967. The maximum Gasteiger partial charge on any atom is 0.337 e. The molecule has 0 aliphatic heterocycles. The molecule has 4 heteroatoms. The van der Waals surface area contributed by atoms with Crippen molar-refractivity contribution in [3.63, 3.8) is 0 Å². The molecule has 0 radical (unpaired) electrons. The summed E-state index contributed by atoms with van der Waals surface area (Å²) in [6, 6.07) is 1.56. The van der Waals surface area contributed by atoms with Crippen LogP contribution in [-0.4, -0.2) is 22.2 Å². The Bertz CT molecular complexity index is 385. The third kappa shape index (κ3) is 2.26. The highest BCUT2D eigenvalue weighted by Gasteiger charge is 2.25. The molecule has 80 valence electrons. The Hall–Kier alpha value is -1.58. The lowest BCUT2D eigenvalue weighted by Crippen LogP contribution is -2.05. The number of aromatic nitrogens is 1. The maximum absolute atomic E-state index is 10.8. The number of carbonyl (C=O) groups is 1. The molecule has 0 atom stereocenters. The lowest BCUT2D eigenvalue weighted by molar-refractivity contribution is 0.0695. The second kappa shape index (κ2) is 3.88. The fraction of sp³-hybridized carbons (Fsp3) is 0.455. The van der Waals surface area contributed by atoms with Gasteiger partial charge in [-0.25, -0.2) is 4.79 Å². The van der Waals surface area contributed by atoms with Crippen LogP contribution in [0.25, 0.3) is 0 Å². The van der Waals surface area contributed by atoms with Crippen LogP contribution in [0, 0.1) is 0 Å². The van der Waals surface area contributed by atoms with Gasteiger partial charge in [0.2, 0.25) is 0 Å². The Balaban J connectivity index is 2.28. The van der Waals surface area contributed by atoms with E-state index in [1.165, 1.54) is 6.20 Å². The number of nitrogens with zero attached hydrogens (tertiary/aromatic N) is 1. The topological polar surface area (TPSA) is 59.4 Å². The van der Waals surface area contributed by atoms with Crippen LogP contribution in [-0.2, 0) is 6.42 Å². The van der Waals surface area contributed by atoms with Gasteiger partial charge in [-0.2, -0.15) is 0 Å². The van der Waals surface area contributed by atoms with Crippen molar-refractivity contribution in [1.82, 2.24) is 4.98 Å². The molecule has 1 aliphatic rings. The summed E-state index contributed by atoms with van der Waals surface area (Å²) in [4.78, 5) is 14.9. The average molecular weight is 207 g/mol. The molecule has 0 spiro atoms. The second-order valence-corrected chi connectivity index (χ2v) is 3.64. The summed E-state index contributed by atoms with van der Waals surface area (Å²) in [5.41, 5.74) is 1.01. The van der Waals surface area contributed by atoms with Gasteiger partial charge in [-0.3, -0.25) is 4.98 Å². The van der Waals surface area contributed by atoms with Crippen molar-refractivity contribution in [3.8, 4) is 5.75 Å². The van der Waals surface area contributed by atoms with Crippen molar-refractivity contribution < 1.29 is 14.6 Å². The van der Waals surface area contributed by atoms with Gasteiger partial charge in [0, 0.05) is 6.20 Å². The first kappa shape index (κ1) is 9.96. The zero-order valence-electron chi connectivity index (χ0n) is 8.56. The number of hydrogen-bond donors (Lipinski definition) is 1. The second-order valence-electron chi connectivity index (χ2n) is 3.64. The lowest BCUT2D eigenvalue weighted by Gasteiger charge is -2.09. The highest BCUT2D eigenvalue weighted by atomic mass is 16.5. The van der Waals surface area contributed by atoms with Crippen LogP contribution in [0.1, 0.15) is 35.8 Å². The first-order valence-electron chi connectivity index (χ1n) is 5.09. The van der Waals surface area contributed by atoms with E-state index in [0.717, 1.165) is 25.0 Å². The zero-order valence-corrected chi connectivity index (χ0v) is 8.56. The van der Waals surface area contributed by atoms with Crippen LogP contribution in [0.2, 0.25) is 0 Å². The van der Waals surface area contributed by atoms with Crippen molar-refractivity contribution in [2.45, 2.75) is 32.3 Å². The van der Waals surface area contributed by atoms with Crippen molar-refractivity contribution in [1.29, 1.82) is 0 Å². The Labute approximate surface area is 87.9 Å². The molecule has 0 bridgehead atoms. The van der Waals surface area contributed by atoms with Crippen LogP contribution in [0.3, 0.4) is 0 Å². The monoisotopic (exact) mass is 207 g/mol. The maximum atomic E-state index is 10.8. The summed E-state index contributed by atoms with van der Waals surface area (Å²) < 4.78 is 5.61. The SMILES string of the molecule is CCc1ncc(C(=O)O)cc1OC1CC1. The molecular weight excluding hydrogens is 194 g/mol. The van der Waals surface area contributed by atoms with Crippen molar-refractivity contribution in [3.05, 3.63) is 23.5 Å². The molecule has 0 amide bonds. The third-order valence-electron chi connectivity index (χ3n) is 2.33. The molecular formula is C11H13NO3. The van der Waals surface area contributed by atoms with E-state index in [4.69, 9.17) is 9.84 Å². The largest absolute Gasteiger partial charge is 0.488 e. The van der Waals surface area contributed by atoms with Gasteiger partial charge in [0.25, 0.3) is 0 Å². The van der Waals surface area contributed by atoms with Gasteiger partial charge in [0.1, 0.15) is 5.75 Å². The van der Waals surface area contributed by atoms with Gasteiger partial charge in [-0.05, 0) is 25.3 Å². The zero-order chi connectivity index (χ0) is 10.8. The van der Waals surface area contributed by atoms with Crippen LogP contribution in [0.5, 0.6) is 5.75 Å². The van der Waals surface area contributed by atoms with Crippen molar-refractivity contribution >= 4 is 5.97 Å². The van der Waals surface area contributed by atoms with Crippen LogP contribution in [0.4, 0.5) is 0 Å². The minimum absolute atomic E-state index is 0.183. The van der Waals surface area contributed by atoms with Crippen molar-refractivity contribution in [2.24, 2.45) is 0 Å². The quantitative estimate of drug-likeness (QED) is 0.818. The number of carboxylic acid groups (broad SMARTS) is 1. The third-order valence-corrected chi connectivity index (χ3v) is 2.33. The summed E-state index contributed by atoms with van der Waals surface area (Å²) >= 11 is 0. The summed E-state index contributed by atoms with van der Waals surface area (Å²) in [6.07, 6.45) is 4.50. The predicted molar refractivity (Wildman–Crippen MR) is 54.2 cm³/mol. The van der Waals surface area contributed by atoms with E-state index in [0.29, 0.717) is 5.75 Å². The van der Waals surface area contributed by atoms with E-state index in [1.54, 1.807) is 6.07 Å². The number of pyridine rings is 1. The molecule has 1 N–H and O–H groups in total. The summed E-state index contributed by atoms with van der Waals surface area (Å²) in [6.45, 7) is 1.97. The van der Waals surface area contributed by atoms with Gasteiger partial charge >= 0.3 is 5.97 Å². The van der Waals surface area contributed by atoms with Gasteiger partial charge in [-0.1, -0.05) is 6.92 Å². The van der Waals surface area contributed by atoms with Crippen LogP contribution in [0.15, 0.2) is 12.3 Å². The van der Waals surface area contributed by atoms with E-state index in [2.05, 4.69) is 4.98 Å². The summed E-state index contributed by atoms with van der Waals surface area (Å²) in [5, 5.41) is 8.83. The molecule has 4 nitrogen and oxygen atoms in total. The molecule has 1 heterocycles. The molecule has 1 fully saturated rings. The normalized spacial score (nSPS) is 15.0. The Morgan fingerprint density at radius 2 is 2.40 bits per heavy atom. The van der Waals surface area contributed by atoms with E-state index in [1.807, 2.05) is 6.92 Å².